The first kappa shape index (κ1) is 13.3. The van der Waals surface area contributed by atoms with Gasteiger partial charge in [-0.25, -0.2) is 0 Å². The van der Waals surface area contributed by atoms with Crippen molar-refractivity contribution in [3.8, 4) is 0 Å². The summed E-state index contributed by atoms with van der Waals surface area (Å²) in [5, 5.41) is 0. The Labute approximate surface area is 103 Å². The highest BCUT2D eigenvalue weighted by molar-refractivity contribution is 8.01. The molecule has 1 rings (SSSR count). The Hall–Kier alpha value is -0.760. The first-order valence-corrected chi connectivity index (χ1v) is 6.78. The second kappa shape index (κ2) is 6.74. The maximum absolute atomic E-state index is 11.3. The third-order valence-corrected chi connectivity index (χ3v) is 4.33. The lowest BCUT2D eigenvalue weighted by Gasteiger charge is -2.25. The van der Waals surface area contributed by atoms with Crippen LogP contribution in [-0.2, 0) is 4.79 Å². The molecule has 0 aliphatic carbocycles. The van der Waals surface area contributed by atoms with E-state index >= 15 is 0 Å². The number of carbonyl (C=O) groups excluding carboxylic acids is 1. The second-order valence-corrected chi connectivity index (χ2v) is 5.54. The summed E-state index contributed by atoms with van der Waals surface area (Å²) >= 11 is 1.71. The van der Waals surface area contributed by atoms with Crippen LogP contribution in [0.5, 0.6) is 0 Å². The SMILES string of the molecule is CCCCC(C=O)(CC)Sc1ccccc1. The molecule has 2 heteroatoms. The highest BCUT2D eigenvalue weighted by Gasteiger charge is 2.28. The molecule has 0 aliphatic rings. The minimum absolute atomic E-state index is 0.225. The molecule has 88 valence electrons. The molecule has 0 spiro atoms. The number of aldehydes is 1. The molecule has 0 saturated carbocycles. The Bertz CT molecular complexity index is 310. The lowest BCUT2D eigenvalue weighted by Crippen LogP contribution is -2.25. The summed E-state index contributed by atoms with van der Waals surface area (Å²) in [5.74, 6) is 0. The lowest BCUT2D eigenvalue weighted by molar-refractivity contribution is -0.110. The molecule has 0 aromatic heterocycles. The molecule has 0 N–H and O–H groups in total. The van der Waals surface area contributed by atoms with Crippen LogP contribution in [-0.4, -0.2) is 11.0 Å². The third kappa shape index (κ3) is 3.67. The van der Waals surface area contributed by atoms with Crippen molar-refractivity contribution >= 4 is 18.0 Å². The van der Waals surface area contributed by atoms with E-state index in [1.54, 1.807) is 11.8 Å². The van der Waals surface area contributed by atoms with Crippen LogP contribution in [0, 0.1) is 0 Å². The summed E-state index contributed by atoms with van der Waals surface area (Å²) in [7, 11) is 0. The molecule has 1 atom stereocenters. The fraction of sp³-hybridized carbons (Fsp3) is 0.500. The van der Waals surface area contributed by atoms with Gasteiger partial charge < -0.3 is 4.79 Å². The zero-order valence-electron chi connectivity index (χ0n) is 10.1. The Morgan fingerprint density at radius 2 is 1.94 bits per heavy atom. The van der Waals surface area contributed by atoms with Crippen molar-refractivity contribution in [3.63, 3.8) is 0 Å². The fourth-order valence-electron chi connectivity index (χ4n) is 1.67. The van der Waals surface area contributed by atoms with Crippen molar-refractivity contribution < 1.29 is 4.79 Å². The number of thioether (sulfide) groups is 1. The van der Waals surface area contributed by atoms with E-state index in [0.29, 0.717) is 0 Å². The van der Waals surface area contributed by atoms with Gasteiger partial charge in [-0.05, 0) is 25.0 Å². The van der Waals surface area contributed by atoms with Gasteiger partial charge in [0.25, 0.3) is 0 Å². The van der Waals surface area contributed by atoms with Crippen LogP contribution in [0.4, 0.5) is 0 Å². The normalized spacial score (nSPS) is 14.4. The number of hydrogen-bond donors (Lipinski definition) is 0. The molecule has 16 heavy (non-hydrogen) atoms. The number of carbonyl (C=O) groups is 1. The topological polar surface area (TPSA) is 17.1 Å². The number of hydrogen-bond acceptors (Lipinski definition) is 2. The third-order valence-electron chi connectivity index (χ3n) is 2.83. The Balaban J connectivity index is 2.74. The maximum Gasteiger partial charge on any atom is 0.136 e. The summed E-state index contributed by atoms with van der Waals surface area (Å²) in [6.45, 7) is 4.26. The summed E-state index contributed by atoms with van der Waals surface area (Å²) in [6, 6.07) is 10.2. The largest absolute Gasteiger partial charge is 0.302 e. The van der Waals surface area contributed by atoms with E-state index in [2.05, 4.69) is 26.0 Å². The van der Waals surface area contributed by atoms with Gasteiger partial charge in [0.05, 0.1) is 4.75 Å². The van der Waals surface area contributed by atoms with E-state index in [1.165, 1.54) is 4.90 Å². The smallest absolute Gasteiger partial charge is 0.136 e. The van der Waals surface area contributed by atoms with E-state index in [1.807, 2.05) is 18.2 Å². The Kier molecular flexibility index (Phi) is 5.61. The zero-order valence-corrected chi connectivity index (χ0v) is 10.9. The van der Waals surface area contributed by atoms with Gasteiger partial charge in [-0.2, -0.15) is 0 Å². The molecular weight excluding hydrogens is 216 g/mol. The summed E-state index contributed by atoms with van der Waals surface area (Å²) in [5.41, 5.74) is 0. The van der Waals surface area contributed by atoms with Gasteiger partial charge in [0.1, 0.15) is 6.29 Å². The van der Waals surface area contributed by atoms with Gasteiger partial charge in [-0.15, -0.1) is 11.8 Å². The molecule has 0 bridgehead atoms. The molecule has 1 unspecified atom stereocenters. The molecule has 0 fully saturated rings. The molecule has 0 amide bonds. The van der Waals surface area contributed by atoms with Crippen molar-refractivity contribution in [2.75, 3.05) is 0 Å². The Morgan fingerprint density at radius 1 is 1.25 bits per heavy atom. The maximum atomic E-state index is 11.3. The highest BCUT2D eigenvalue weighted by atomic mass is 32.2. The van der Waals surface area contributed by atoms with Crippen LogP contribution < -0.4 is 0 Å². The molecular formula is C14H20OS. The van der Waals surface area contributed by atoms with E-state index in [9.17, 15) is 4.79 Å². The molecule has 1 nitrogen and oxygen atoms in total. The number of rotatable bonds is 7. The molecule has 1 aromatic carbocycles. The average Bonchev–Trinajstić information content (AvgIpc) is 2.36. The molecule has 1 aromatic rings. The quantitative estimate of drug-likeness (QED) is 0.518. The molecule has 0 heterocycles. The van der Waals surface area contributed by atoms with Crippen LogP contribution in [0.25, 0.3) is 0 Å². The van der Waals surface area contributed by atoms with Crippen molar-refractivity contribution in [1.82, 2.24) is 0 Å². The van der Waals surface area contributed by atoms with Gasteiger partial charge in [0.15, 0.2) is 0 Å². The van der Waals surface area contributed by atoms with E-state index in [-0.39, 0.29) is 4.75 Å². The van der Waals surface area contributed by atoms with E-state index in [0.717, 1.165) is 32.0 Å². The standard InChI is InChI=1S/C14H20OS/c1-3-5-11-14(4-2,12-15)16-13-9-7-6-8-10-13/h6-10,12H,3-5,11H2,1-2H3. The van der Waals surface area contributed by atoms with E-state index in [4.69, 9.17) is 0 Å². The number of benzene rings is 1. The minimum atomic E-state index is -0.225. The lowest BCUT2D eigenvalue weighted by atomic mass is 10.0. The van der Waals surface area contributed by atoms with E-state index < -0.39 is 0 Å². The van der Waals surface area contributed by atoms with Gasteiger partial charge in [0, 0.05) is 4.90 Å². The van der Waals surface area contributed by atoms with Crippen molar-refractivity contribution in [1.29, 1.82) is 0 Å². The summed E-state index contributed by atoms with van der Waals surface area (Å²) < 4.78 is -0.225. The predicted molar refractivity (Wildman–Crippen MR) is 70.9 cm³/mol. The average molecular weight is 236 g/mol. The summed E-state index contributed by atoms with van der Waals surface area (Å²) in [6.07, 6.45) is 5.27. The summed E-state index contributed by atoms with van der Waals surface area (Å²) in [4.78, 5) is 12.5. The molecule has 0 saturated heterocycles. The first-order valence-electron chi connectivity index (χ1n) is 5.96. The van der Waals surface area contributed by atoms with Gasteiger partial charge in [-0.3, -0.25) is 0 Å². The first-order chi connectivity index (χ1) is 7.76. The van der Waals surface area contributed by atoms with Gasteiger partial charge >= 0.3 is 0 Å². The van der Waals surface area contributed by atoms with Crippen molar-refractivity contribution in [2.45, 2.75) is 49.2 Å². The number of unbranched alkanes of at least 4 members (excludes halogenated alkanes) is 1. The molecule has 0 aliphatic heterocycles. The van der Waals surface area contributed by atoms with Gasteiger partial charge in [0.2, 0.25) is 0 Å². The van der Waals surface area contributed by atoms with Crippen LogP contribution >= 0.6 is 11.8 Å². The van der Waals surface area contributed by atoms with Crippen molar-refractivity contribution in [2.24, 2.45) is 0 Å². The Morgan fingerprint density at radius 3 is 2.44 bits per heavy atom. The zero-order chi connectivity index (χ0) is 11.9. The van der Waals surface area contributed by atoms with Crippen LogP contribution in [0.15, 0.2) is 35.2 Å². The fourth-order valence-corrected chi connectivity index (χ4v) is 2.87. The van der Waals surface area contributed by atoms with Crippen LogP contribution in [0.1, 0.15) is 39.5 Å². The minimum Gasteiger partial charge on any atom is -0.302 e. The highest BCUT2D eigenvalue weighted by Crippen LogP contribution is 2.37. The van der Waals surface area contributed by atoms with Crippen LogP contribution in [0.2, 0.25) is 0 Å². The monoisotopic (exact) mass is 236 g/mol. The van der Waals surface area contributed by atoms with Gasteiger partial charge in [-0.1, -0.05) is 44.9 Å². The van der Waals surface area contributed by atoms with Crippen molar-refractivity contribution in [3.05, 3.63) is 30.3 Å². The predicted octanol–water partition coefficient (Wildman–Crippen LogP) is 4.32. The second-order valence-electron chi connectivity index (χ2n) is 4.05. The molecule has 0 radical (unpaired) electrons. The van der Waals surface area contributed by atoms with Crippen LogP contribution in [0.3, 0.4) is 0 Å².